The van der Waals surface area contributed by atoms with Gasteiger partial charge < -0.3 is 20.3 Å². The summed E-state index contributed by atoms with van der Waals surface area (Å²) in [6, 6.07) is -0.350. The minimum atomic E-state index is -0.350. The summed E-state index contributed by atoms with van der Waals surface area (Å²) in [6.07, 6.45) is 1.50. The second-order valence-electron chi connectivity index (χ2n) is 4.32. The highest BCUT2D eigenvalue weighted by atomic mass is 16.5. The summed E-state index contributed by atoms with van der Waals surface area (Å²) in [6.45, 7) is 3.54. The number of morpholine rings is 1. The number of aromatic nitrogens is 2. The smallest absolute Gasteiger partial charge is 0.244 e. The van der Waals surface area contributed by atoms with Crippen molar-refractivity contribution in [1.82, 2.24) is 15.3 Å². The van der Waals surface area contributed by atoms with Crippen LogP contribution in [-0.2, 0) is 9.53 Å². The standard InChI is InChI=1S/C12H19N5O2/c1-8-10(13-2)15-7-16-11(8)17-4-5-19-6-9(17)12(18)14-3/h7,9H,4-6H2,1-3H3,(H,14,18)(H,13,15,16). The molecule has 1 aromatic rings. The van der Waals surface area contributed by atoms with Crippen molar-refractivity contribution in [3.8, 4) is 0 Å². The van der Waals surface area contributed by atoms with Crippen LogP contribution in [0.1, 0.15) is 5.56 Å². The van der Waals surface area contributed by atoms with E-state index in [-0.39, 0.29) is 11.9 Å². The first-order valence-corrected chi connectivity index (χ1v) is 6.24. The summed E-state index contributed by atoms with van der Waals surface area (Å²) in [4.78, 5) is 22.4. The van der Waals surface area contributed by atoms with E-state index in [1.165, 1.54) is 6.33 Å². The molecule has 1 unspecified atom stereocenters. The van der Waals surface area contributed by atoms with E-state index < -0.39 is 0 Å². The predicted octanol–water partition coefficient (Wildman–Crippen LogP) is -0.222. The number of carbonyl (C=O) groups excluding carboxylic acids is 1. The van der Waals surface area contributed by atoms with E-state index in [4.69, 9.17) is 4.74 Å². The molecule has 1 aromatic heterocycles. The summed E-state index contributed by atoms with van der Waals surface area (Å²) in [5.41, 5.74) is 0.931. The first-order chi connectivity index (χ1) is 9.19. The lowest BCUT2D eigenvalue weighted by Gasteiger charge is -2.36. The monoisotopic (exact) mass is 265 g/mol. The molecule has 2 rings (SSSR count). The molecule has 2 heterocycles. The van der Waals surface area contributed by atoms with Crippen LogP contribution in [0.3, 0.4) is 0 Å². The summed E-state index contributed by atoms with van der Waals surface area (Å²) >= 11 is 0. The zero-order valence-corrected chi connectivity index (χ0v) is 11.4. The van der Waals surface area contributed by atoms with Gasteiger partial charge in [-0.1, -0.05) is 0 Å². The number of hydrogen-bond acceptors (Lipinski definition) is 6. The Labute approximate surface area is 112 Å². The Bertz CT molecular complexity index is 465. The van der Waals surface area contributed by atoms with Crippen molar-refractivity contribution >= 4 is 17.5 Å². The molecule has 104 valence electrons. The number of likely N-dealkylation sites (N-methyl/N-ethyl adjacent to an activating group) is 1. The number of carbonyl (C=O) groups is 1. The van der Waals surface area contributed by atoms with E-state index >= 15 is 0 Å². The topological polar surface area (TPSA) is 79.4 Å². The van der Waals surface area contributed by atoms with E-state index in [0.29, 0.717) is 19.8 Å². The molecule has 7 nitrogen and oxygen atoms in total. The molecule has 0 bridgehead atoms. The number of ether oxygens (including phenoxy) is 1. The predicted molar refractivity (Wildman–Crippen MR) is 72.3 cm³/mol. The molecular formula is C12H19N5O2. The molecule has 1 aliphatic rings. The van der Waals surface area contributed by atoms with Crippen LogP contribution < -0.4 is 15.5 Å². The minimum absolute atomic E-state index is 0.0660. The normalized spacial score (nSPS) is 19.1. The number of amides is 1. The lowest BCUT2D eigenvalue weighted by atomic mass is 10.2. The van der Waals surface area contributed by atoms with Crippen LogP contribution in [0.15, 0.2) is 6.33 Å². The molecule has 1 saturated heterocycles. The minimum Gasteiger partial charge on any atom is -0.377 e. The number of hydrogen-bond donors (Lipinski definition) is 2. The van der Waals surface area contributed by atoms with Crippen LogP contribution in [0.5, 0.6) is 0 Å². The third-order valence-electron chi connectivity index (χ3n) is 3.24. The van der Waals surface area contributed by atoms with Gasteiger partial charge in [0.15, 0.2) is 0 Å². The van der Waals surface area contributed by atoms with Gasteiger partial charge in [-0.2, -0.15) is 0 Å². The number of nitrogens with one attached hydrogen (secondary N) is 2. The highest BCUT2D eigenvalue weighted by Gasteiger charge is 2.31. The summed E-state index contributed by atoms with van der Waals surface area (Å²) < 4.78 is 5.39. The average Bonchev–Trinajstić information content (AvgIpc) is 2.47. The average molecular weight is 265 g/mol. The maximum atomic E-state index is 11.9. The molecule has 0 aliphatic carbocycles. The molecular weight excluding hydrogens is 246 g/mol. The van der Waals surface area contributed by atoms with E-state index in [1.54, 1.807) is 7.05 Å². The Kier molecular flexibility index (Phi) is 4.16. The molecule has 1 fully saturated rings. The van der Waals surface area contributed by atoms with Crippen LogP contribution in [0.25, 0.3) is 0 Å². The van der Waals surface area contributed by atoms with Gasteiger partial charge in [0.05, 0.1) is 13.2 Å². The maximum absolute atomic E-state index is 11.9. The van der Waals surface area contributed by atoms with Crippen molar-refractivity contribution in [2.75, 3.05) is 44.1 Å². The Morgan fingerprint density at radius 3 is 2.95 bits per heavy atom. The molecule has 0 saturated carbocycles. The maximum Gasteiger partial charge on any atom is 0.244 e. The molecule has 7 heteroatoms. The summed E-state index contributed by atoms with van der Waals surface area (Å²) in [5.74, 6) is 1.48. The van der Waals surface area contributed by atoms with Gasteiger partial charge in [0, 0.05) is 26.2 Å². The van der Waals surface area contributed by atoms with Crippen molar-refractivity contribution < 1.29 is 9.53 Å². The van der Waals surface area contributed by atoms with Gasteiger partial charge in [-0.25, -0.2) is 9.97 Å². The summed E-state index contributed by atoms with van der Waals surface area (Å²) in [5, 5.41) is 5.69. The molecule has 0 aromatic carbocycles. The van der Waals surface area contributed by atoms with Gasteiger partial charge in [0.25, 0.3) is 0 Å². The van der Waals surface area contributed by atoms with Crippen LogP contribution >= 0.6 is 0 Å². The zero-order chi connectivity index (χ0) is 13.8. The fourth-order valence-corrected chi connectivity index (χ4v) is 2.22. The largest absolute Gasteiger partial charge is 0.377 e. The van der Waals surface area contributed by atoms with Crippen LogP contribution in [-0.4, -0.2) is 55.8 Å². The highest BCUT2D eigenvalue weighted by Crippen LogP contribution is 2.25. The zero-order valence-electron chi connectivity index (χ0n) is 11.4. The first kappa shape index (κ1) is 13.5. The van der Waals surface area contributed by atoms with Gasteiger partial charge in [-0.05, 0) is 6.92 Å². The molecule has 1 atom stereocenters. The van der Waals surface area contributed by atoms with Crippen molar-refractivity contribution in [2.45, 2.75) is 13.0 Å². The van der Waals surface area contributed by atoms with Crippen LogP contribution in [0.2, 0.25) is 0 Å². The van der Waals surface area contributed by atoms with E-state index in [9.17, 15) is 4.79 Å². The van der Waals surface area contributed by atoms with Crippen LogP contribution in [0.4, 0.5) is 11.6 Å². The Morgan fingerprint density at radius 1 is 1.47 bits per heavy atom. The van der Waals surface area contributed by atoms with Gasteiger partial charge in [-0.15, -0.1) is 0 Å². The fraction of sp³-hybridized carbons (Fsp3) is 0.583. The van der Waals surface area contributed by atoms with Gasteiger partial charge in [-0.3, -0.25) is 4.79 Å². The second-order valence-corrected chi connectivity index (χ2v) is 4.32. The molecule has 19 heavy (non-hydrogen) atoms. The third-order valence-corrected chi connectivity index (χ3v) is 3.24. The highest BCUT2D eigenvalue weighted by molar-refractivity contribution is 5.85. The van der Waals surface area contributed by atoms with E-state index in [1.807, 2.05) is 18.9 Å². The van der Waals surface area contributed by atoms with Crippen LogP contribution in [0, 0.1) is 6.92 Å². The molecule has 1 amide bonds. The van der Waals surface area contributed by atoms with Crippen molar-refractivity contribution in [3.05, 3.63) is 11.9 Å². The second kappa shape index (κ2) is 5.83. The molecule has 0 spiro atoms. The molecule has 0 radical (unpaired) electrons. The Balaban J connectivity index is 2.35. The van der Waals surface area contributed by atoms with Crippen molar-refractivity contribution in [2.24, 2.45) is 0 Å². The number of rotatable bonds is 3. The van der Waals surface area contributed by atoms with E-state index in [2.05, 4.69) is 20.6 Å². The number of nitrogens with zero attached hydrogens (tertiary/aromatic N) is 3. The Morgan fingerprint density at radius 2 is 2.26 bits per heavy atom. The quantitative estimate of drug-likeness (QED) is 0.786. The number of anilines is 2. The van der Waals surface area contributed by atoms with Gasteiger partial charge in [0.1, 0.15) is 24.0 Å². The lowest BCUT2D eigenvalue weighted by molar-refractivity contribution is -0.124. The third kappa shape index (κ3) is 2.60. The SMILES string of the molecule is CNC(=O)C1COCCN1c1ncnc(NC)c1C. The summed E-state index contributed by atoms with van der Waals surface area (Å²) in [7, 11) is 3.44. The Hall–Kier alpha value is -1.89. The lowest BCUT2D eigenvalue weighted by Crippen LogP contribution is -2.54. The first-order valence-electron chi connectivity index (χ1n) is 6.24. The van der Waals surface area contributed by atoms with Gasteiger partial charge in [0.2, 0.25) is 5.91 Å². The van der Waals surface area contributed by atoms with Crippen molar-refractivity contribution in [3.63, 3.8) is 0 Å². The van der Waals surface area contributed by atoms with E-state index in [0.717, 1.165) is 17.2 Å². The fourth-order valence-electron chi connectivity index (χ4n) is 2.22. The van der Waals surface area contributed by atoms with Crippen molar-refractivity contribution in [1.29, 1.82) is 0 Å². The van der Waals surface area contributed by atoms with Gasteiger partial charge >= 0.3 is 0 Å². The molecule has 2 N–H and O–H groups in total. The molecule has 1 aliphatic heterocycles.